The SMILES string of the molecule is COc1ccc(CCC(=O)N[C@H]2Cc3c(C(=O)NCc4ccccc4)cnn3C2)cc1. The summed E-state index contributed by atoms with van der Waals surface area (Å²) < 4.78 is 6.97. The Morgan fingerprint density at radius 2 is 1.87 bits per heavy atom. The van der Waals surface area contributed by atoms with E-state index in [9.17, 15) is 9.59 Å². The molecule has 1 atom stereocenters. The summed E-state index contributed by atoms with van der Waals surface area (Å²) in [6, 6.07) is 17.5. The van der Waals surface area contributed by atoms with E-state index < -0.39 is 0 Å². The lowest BCUT2D eigenvalue weighted by molar-refractivity contribution is -0.121. The van der Waals surface area contributed by atoms with E-state index in [0.29, 0.717) is 37.9 Å². The molecule has 0 fully saturated rings. The molecule has 0 unspecified atom stereocenters. The molecule has 0 saturated heterocycles. The van der Waals surface area contributed by atoms with Crippen LogP contribution in [-0.4, -0.2) is 34.7 Å². The Morgan fingerprint density at radius 1 is 1.10 bits per heavy atom. The average Bonchev–Trinajstić information content (AvgIpc) is 3.37. The van der Waals surface area contributed by atoms with Crippen LogP contribution in [0, 0.1) is 0 Å². The third-order valence-electron chi connectivity index (χ3n) is 5.49. The van der Waals surface area contributed by atoms with Crippen molar-refractivity contribution in [3.8, 4) is 5.75 Å². The molecule has 0 radical (unpaired) electrons. The van der Waals surface area contributed by atoms with Gasteiger partial charge in [0.2, 0.25) is 5.91 Å². The van der Waals surface area contributed by atoms with Gasteiger partial charge in [0.05, 0.1) is 37.2 Å². The maximum atomic E-state index is 12.6. The van der Waals surface area contributed by atoms with Gasteiger partial charge in [-0.3, -0.25) is 14.3 Å². The quantitative estimate of drug-likeness (QED) is 0.589. The molecule has 0 bridgehead atoms. The van der Waals surface area contributed by atoms with Gasteiger partial charge in [0, 0.05) is 19.4 Å². The smallest absolute Gasteiger partial charge is 0.255 e. The molecule has 2 N–H and O–H groups in total. The van der Waals surface area contributed by atoms with E-state index in [1.165, 1.54) is 0 Å². The molecule has 2 heterocycles. The van der Waals surface area contributed by atoms with Crippen molar-refractivity contribution >= 4 is 11.8 Å². The molecule has 4 rings (SSSR count). The molecule has 2 amide bonds. The molecule has 160 valence electrons. The fourth-order valence-corrected chi connectivity index (χ4v) is 3.80. The molecule has 0 saturated carbocycles. The summed E-state index contributed by atoms with van der Waals surface area (Å²) in [5, 5.41) is 10.4. The zero-order valence-electron chi connectivity index (χ0n) is 17.5. The standard InChI is InChI=1S/C24H26N4O3/c1-31-20-10-7-17(8-11-20)9-12-23(29)27-19-13-22-21(15-26-28(22)16-19)24(30)25-14-18-5-3-2-4-6-18/h2-8,10-11,15,19H,9,12-14,16H2,1H3,(H,25,30)(H,27,29)/t19-/m0/s1. The number of carbonyl (C=O) groups is 2. The predicted molar refractivity (Wildman–Crippen MR) is 117 cm³/mol. The van der Waals surface area contributed by atoms with Crippen molar-refractivity contribution in [1.82, 2.24) is 20.4 Å². The second-order valence-corrected chi connectivity index (χ2v) is 7.67. The van der Waals surface area contributed by atoms with Crippen LogP contribution in [0.25, 0.3) is 0 Å². The van der Waals surface area contributed by atoms with Crippen LogP contribution < -0.4 is 15.4 Å². The zero-order chi connectivity index (χ0) is 21.6. The minimum Gasteiger partial charge on any atom is -0.497 e. The van der Waals surface area contributed by atoms with Crippen LogP contribution in [-0.2, 0) is 30.7 Å². The van der Waals surface area contributed by atoms with Crippen molar-refractivity contribution in [2.75, 3.05) is 7.11 Å². The van der Waals surface area contributed by atoms with Crippen LogP contribution in [0.2, 0.25) is 0 Å². The highest BCUT2D eigenvalue weighted by molar-refractivity contribution is 5.95. The first-order valence-corrected chi connectivity index (χ1v) is 10.4. The Bertz CT molecular complexity index is 1040. The number of carbonyl (C=O) groups excluding carboxylic acids is 2. The summed E-state index contributed by atoms with van der Waals surface area (Å²) >= 11 is 0. The van der Waals surface area contributed by atoms with Crippen LogP contribution in [0.15, 0.2) is 60.8 Å². The number of hydrogen-bond acceptors (Lipinski definition) is 4. The number of fused-ring (bicyclic) bond motifs is 1. The Morgan fingerprint density at radius 3 is 2.61 bits per heavy atom. The number of methoxy groups -OCH3 is 1. The van der Waals surface area contributed by atoms with Crippen LogP contribution in [0.3, 0.4) is 0 Å². The van der Waals surface area contributed by atoms with E-state index in [1.54, 1.807) is 13.3 Å². The van der Waals surface area contributed by atoms with Crippen molar-refractivity contribution in [2.45, 2.75) is 38.4 Å². The molecule has 0 spiro atoms. The topological polar surface area (TPSA) is 85.2 Å². The predicted octanol–water partition coefficient (Wildman–Crippen LogP) is 2.50. The van der Waals surface area contributed by atoms with E-state index in [2.05, 4.69) is 15.7 Å². The Kier molecular flexibility index (Phi) is 6.31. The lowest BCUT2D eigenvalue weighted by Crippen LogP contribution is -2.36. The molecule has 0 aliphatic carbocycles. The second-order valence-electron chi connectivity index (χ2n) is 7.67. The van der Waals surface area contributed by atoms with Crippen molar-refractivity contribution in [3.05, 3.63) is 83.2 Å². The maximum Gasteiger partial charge on any atom is 0.255 e. The molecule has 1 aliphatic heterocycles. The van der Waals surface area contributed by atoms with Gasteiger partial charge >= 0.3 is 0 Å². The van der Waals surface area contributed by atoms with Gasteiger partial charge in [0.1, 0.15) is 5.75 Å². The van der Waals surface area contributed by atoms with Crippen LogP contribution in [0.5, 0.6) is 5.75 Å². The van der Waals surface area contributed by atoms with Gasteiger partial charge in [-0.15, -0.1) is 0 Å². The van der Waals surface area contributed by atoms with Crippen molar-refractivity contribution in [3.63, 3.8) is 0 Å². The van der Waals surface area contributed by atoms with Gasteiger partial charge in [-0.05, 0) is 29.7 Å². The highest BCUT2D eigenvalue weighted by Gasteiger charge is 2.28. The lowest BCUT2D eigenvalue weighted by atomic mass is 10.1. The molecule has 1 aliphatic rings. The third kappa shape index (κ3) is 5.12. The summed E-state index contributed by atoms with van der Waals surface area (Å²) in [7, 11) is 1.63. The number of rotatable bonds is 8. The van der Waals surface area contributed by atoms with Crippen molar-refractivity contribution in [2.24, 2.45) is 0 Å². The van der Waals surface area contributed by atoms with E-state index in [1.807, 2.05) is 59.3 Å². The molecule has 3 aromatic rings. The third-order valence-corrected chi connectivity index (χ3v) is 5.49. The van der Waals surface area contributed by atoms with Gasteiger partial charge in [0.15, 0.2) is 0 Å². The van der Waals surface area contributed by atoms with E-state index in [-0.39, 0.29) is 17.9 Å². The highest BCUT2D eigenvalue weighted by Crippen LogP contribution is 2.19. The van der Waals surface area contributed by atoms with Crippen LogP contribution >= 0.6 is 0 Å². The van der Waals surface area contributed by atoms with Crippen molar-refractivity contribution in [1.29, 1.82) is 0 Å². The average molecular weight is 418 g/mol. The number of hydrogen-bond donors (Lipinski definition) is 2. The number of nitrogens with zero attached hydrogens (tertiary/aromatic N) is 2. The number of aromatic nitrogens is 2. The summed E-state index contributed by atoms with van der Waals surface area (Å²) in [5.41, 5.74) is 3.58. The molecular weight excluding hydrogens is 392 g/mol. The van der Waals surface area contributed by atoms with Gasteiger partial charge in [-0.1, -0.05) is 42.5 Å². The first kappa shape index (κ1) is 20.7. The minimum atomic E-state index is -0.142. The normalized spacial score (nSPS) is 14.7. The Balaban J connectivity index is 1.27. The minimum absolute atomic E-state index is 0.00153. The van der Waals surface area contributed by atoms with E-state index in [0.717, 1.165) is 22.6 Å². The monoisotopic (exact) mass is 418 g/mol. The van der Waals surface area contributed by atoms with Gasteiger partial charge in [0.25, 0.3) is 5.91 Å². The first-order chi connectivity index (χ1) is 15.1. The summed E-state index contributed by atoms with van der Waals surface area (Å²) in [5.74, 6) is 0.662. The molecule has 7 nitrogen and oxygen atoms in total. The van der Waals surface area contributed by atoms with Gasteiger partial charge in [-0.25, -0.2) is 0 Å². The molecule has 31 heavy (non-hydrogen) atoms. The largest absolute Gasteiger partial charge is 0.497 e. The number of nitrogens with one attached hydrogen (secondary N) is 2. The van der Waals surface area contributed by atoms with Gasteiger partial charge in [-0.2, -0.15) is 5.10 Å². The zero-order valence-corrected chi connectivity index (χ0v) is 17.5. The molecular formula is C24H26N4O3. The summed E-state index contributed by atoms with van der Waals surface area (Å²) in [6.07, 6.45) is 3.29. The fraction of sp³-hybridized carbons (Fsp3) is 0.292. The highest BCUT2D eigenvalue weighted by atomic mass is 16.5. The molecule has 2 aromatic carbocycles. The maximum absolute atomic E-state index is 12.6. The van der Waals surface area contributed by atoms with Crippen LogP contribution in [0.1, 0.15) is 33.6 Å². The summed E-state index contributed by atoms with van der Waals surface area (Å²) in [6.45, 7) is 1.05. The van der Waals surface area contributed by atoms with E-state index >= 15 is 0 Å². The number of aryl methyl sites for hydroxylation is 1. The van der Waals surface area contributed by atoms with Gasteiger partial charge < -0.3 is 15.4 Å². The van der Waals surface area contributed by atoms with Crippen molar-refractivity contribution < 1.29 is 14.3 Å². The number of amides is 2. The second kappa shape index (κ2) is 9.47. The van der Waals surface area contributed by atoms with E-state index in [4.69, 9.17) is 4.74 Å². The summed E-state index contributed by atoms with van der Waals surface area (Å²) in [4.78, 5) is 25.0. The molecule has 1 aromatic heterocycles. The Labute approximate surface area is 181 Å². The molecule has 7 heteroatoms. The number of benzene rings is 2. The van der Waals surface area contributed by atoms with Crippen LogP contribution in [0.4, 0.5) is 0 Å². The Hall–Kier alpha value is -3.61. The first-order valence-electron chi connectivity index (χ1n) is 10.4. The lowest BCUT2D eigenvalue weighted by Gasteiger charge is -2.12. The fourth-order valence-electron chi connectivity index (χ4n) is 3.80. The number of ether oxygens (including phenoxy) is 1.